The zero-order chi connectivity index (χ0) is 18.8. The summed E-state index contributed by atoms with van der Waals surface area (Å²) >= 11 is 1.63. The number of anilines is 1. The lowest BCUT2D eigenvalue weighted by Gasteiger charge is -2.18. The number of hydrogen-bond donors (Lipinski definition) is 2. The first-order valence-electron chi connectivity index (χ1n) is 8.42. The van der Waals surface area contributed by atoms with Gasteiger partial charge in [-0.1, -0.05) is 35.9 Å². The van der Waals surface area contributed by atoms with E-state index in [4.69, 9.17) is 4.74 Å². The van der Waals surface area contributed by atoms with Gasteiger partial charge >= 0.3 is 0 Å². The van der Waals surface area contributed by atoms with Gasteiger partial charge in [0.05, 0.1) is 0 Å². The van der Waals surface area contributed by atoms with E-state index in [1.165, 1.54) is 0 Å². The molecule has 26 heavy (non-hydrogen) atoms. The highest BCUT2D eigenvalue weighted by Crippen LogP contribution is 2.11. The number of benzene rings is 2. The third-order valence-corrected chi connectivity index (χ3v) is 4.34. The van der Waals surface area contributed by atoms with Gasteiger partial charge in [0.1, 0.15) is 11.8 Å². The molecular weight excluding hydrogens is 348 g/mol. The quantitative estimate of drug-likeness (QED) is 0.709. The van der Waals surface area contributed by atoms with Crippen LogP contribution >= 0.6 is 11.8 Å². The van der Waals surface area contributed by atoms with Gasteiger partial charge in [0.2, 0.25) is 5.91 Å². The van der Waals surface area contributed by atoms with Crippen molar-refractivity contribution in [3.63, 3.8) is 0 Å². The van der Waals surface area contributed by atoms with Crippen LogP contribution in [0.2, 0.25) is 0 Å². The molecule has 0 aliphatic carbocycles. The Balaban J connectivity index is 1.91. The van der Waals surface area contributed by atoms with E-state index in [0.29, 0.717) is 17.9 Å². The number of carbonyl (C=O) groups excluding carboxylic acids is 2. The van der Waals surface area contributed by atoms with Gasteiger partial charge in [-0.25, -0.2) is 0 Å². The van der Waals surface area contributed by atoms with E-state index in [0.717, 1.165) is 11.3 Å². The normalized spacial score (nSPS) is 11.5. The van der Waals surface area contributed by atoms with Crippen LogP contribution in [0.25, 0.3) is 0 Å². The first kappa shape index (κ1) is 19.8. The van der Waals surface area contributed by atoms with Crippen molar-refractivity contribution < 1.29 is 14.3 Å². The third kappa shape index (κ3) is 6.80. The Morgan fingerprint density at radius 1 is 1.08 bits per heavy atom. The van der Waals surface area contributed by atoms with Crippen LogP contribution in [0.4, 0.5) is 5.69 Å². The lowest BCUT2D eigenvalue weighted by atomic mass is 10.2. The summed E-state index contributed by atoms with van der Waals surface area (Å²) in [5.74, 6) is 0.841. The number of para-hydroxylation sites is 1. The number of aryl methyl sites for hydroxylation is 1. The Bertz CT molecular complexity index is 705. The Kier molecular flexibility index (Phi) is 8.02. The summed E-state index contributed by atoms with van der Waals surface area (Å²) in [5.41, 5.74) is 1.83. The zero-order valence-electron chi connectivity index (χ0n) is 15.0. The largest absolute Gasteiger partial charge is 0.484 e. The van der Waals surface area contributed by atoms with Crippen LogP contribution in [0.15, 0.2) is 54.6 Å². The molecule has 0 saturated carbocycles. The Labute approximate surface area is 158 Å². The summed E-state index contributed by atoms with van der Waals surface area (Å²) in [4.78, 5) is 24.7. The van der Waals surface area contributed by atoms with Crippen molar-refractivity contribution in [3.8, 4) is 5.75 Å². The minimum absolute atomic E-state index is 0.127. The van der Waals surface area contributed by atoms with Crippen molar-refractivity contribution in [2.45, 2.75) is 19.4 Å². The van der Waals surface area contributed by atoms with Crippen molar-refractivity contribution >= 4 is 29.3 Å². The molecule has 1 unspecified atom stereocenters. The fourth-order valence-corrected chi connectivity index (χ4v) is 2.74. The molecule has 6 heteroatoms. The van der Waals surface area contributed by atoms with Crippen molar-refractivity contribution in [3.05, 3.63) is 60.2 Å². The molecule has 2 aromatic rings. The molecule has 0 heterocycles. The van der Waals surface area contributed by atoms with E-state index in [2.05, 4.69) is 10.6 Å². The van der Waals surface area contributed by atoms with Crippen LogP contribution in [-0.2, 0) is 9.59 Å². The van der Waals surface area contributed by atoms with Gasteiger partial charge in [-0.3, -0.25) is 9.59 Å². The van der Waals surface area contributed by atoms with E-state index in [1.807, 2.05) is 55.6 Å². The number of rotatable bonds is 9. The topological polar surface area (TPSA) is 67.4 Å². The van der Waals surface area contributed by atoms with Crippen LogP contribution in [-0.4, -0.2) is 36.5 Å². The van der Waals surface area contributed by atoms with Gasteiger partial charge in [0.25, 0.3) is 5.91 Å². The second kappa shape index (κ2) is 10.5. The van der Waals surface area contributed by atoms with Crippen molar-refractivity contribution in [1.82, 2.24) is 5.32 Å². The SMILES string of the molecule is CSCCC(NC(=O)COc1ccccc1)C(=O)Nc1ccc(C)cc1. The first-order valence-corrected chi connectivity index (χ1v) is 9.81. The molecule has 1 atom stereocenters. The second-order valence-electron chi connectivity index (χ2n) is 5.86. The summed E-state index contributed by atoms with van der Waals surface area (Å²) in [6, 6.07) is 16.1. The van der Waals surface area contributed by atoms with E-state index in [-0.39, 0.29) is 18.4 Å². The molecule has 2 aromatic carbocycles. The molecule has 2 N–H and O–H groups in total. The lowest BCUT2D eigenvalue weighted by Crippen LogP contribution is -2.45. The summed E-state index contributed by atoms with van der Waals surface area (Å²) in [7, 11) is 0. The minimum atomic E-state index is -0.601. The van der Waals surface area contributed by atoms with Crippen LogP contribution in [0.1, 0.15) is 12.0 Å². The monoisotopic (exact) mass is 372 g/mol. The Hall–Kier alpha value is -2.47. The van der Waals surface area contributed by atoms with E-state index in [1.54, 1.807) is 23.9 Å². The average Bonchev–Trinajstić information content (AvgIpc) is 2.66. The number of amides is 2. The third-order valence-electron chi connectivity index (χ3n) is 3.69. The van der Waals surface area contributed by atoms with Crippen LogP contribution < -0.4 is 15.4 Å². The molecule has 0 aliphatic rings. The maximum atomic E-state index is 12.5. The predicted molar refractivity (Wildman–Crippen MR) is 107 cm³/mol. The van der Waals surface area contributed by atoms with E-state index in [9.17, 15) is 9.59 Å². The summed E-state index contributed by atoms with van der Waals surface area (Å²) in [6.45, 7) is 1.86. The maximum absolute atomic E-state index is 12.5. The van der Waals surface area contributed by atoms with Gasteiger partial charge < -0.3 is 15.4 Å². The standard InChI is InChI=1S/C20H24N2O3S/c1-15-8-10-16(11-9-15)21-20(24)18(12-13-26-2)22-19(23)14-25-17-6-4-3-5-7-17/h3-11,18H,12-14H2,1-2H3,(H,21,24)(H,22,23). The second-order valence-corrected chi connectivity index (χ2v) is 6.84. The molecule has 138 valence electrons. The van der Waals surface area contributed by atoms with Gasteiger partial charge in [0.15, 0.2) is 6.61 Å². The molecule has 0 saturated heterocycles. The Morgan fingerprint density at radius 2 is 1.77 bits per heavy atom. The molecule has 2 amide bonds. The number of thioether (sulfide) groups is 1. The molecule has 0 bridgehead atoms. The highest BCUT2D eigenvalue weighted by Gasteiger charge is 2.20. The summed E-state index contributed by atoms with van der Waals surface area (Å²) in [6.07, 6.45) is 2.52. The fourth-order valence-electron chi connectivity index (χ4n) is 2.27. The Morgan fingerprint density at radius 3 is 2.42 bits per heavy atom. The number of carbonyl (C=O) groups is 2. The number of ether oxygens (including phenoxy) is 1. The van der Waals surface area contributed by atoms with Gasteiger partial charge in [-0.2, -0.15) is 11.8 Å². The lowest BCUT2D eigenvalue weighted by molar-refractivity contribution is -0.127. The first-order chi connectivity index (χ1) is 12.6. The van der Waals surface area contributed by atoms with Gasteiger partial charge in [0, 0.05) is 5.69 Å². The zero-order valence-corrected chi connectivity index (χ0v) is 15.8. The smallest absolute Gasteiger partial charge is 0.258 e. The summed E-state index contributed by atoms with van der Waals surface area (Å²) < 4.78 is 5.44. The van der Waals surface area contributed by atoms with E-state index < -0.39 is 6.04 Å². The van der Waals surface area contributed by atoms with E-state index >= 15 is 0 Å². The number of hydrogen-bond acceptors (Lipinski definition) is 4. The van der Waals surface area contributed by atoms with Crippen molar-refractivity contribution in [2.24, 2.45) is 0 Å². The van der Waals surface area contributed by atoms with Crippen LogP contribution in [0.5, 0.6) is 5.75 Å². The molecule has 0 fully saturated rings. The highest BCUT2D eigenvalue weighted by atomic mass is 32.2. The predicted octanol–water partition coefficient (Wildman–Crippen LogP) is 3.25. The summed E-state index contributed by atoms with van der Waals surface area (Å²) in [5, 5.41) is 5.62. The van der Waals surface area contributed by atoms with Gasteiger partial charge in [-0.05, 0) is 49.6 Å². The number of nitrogens with one attached hydrogen (secondary N) is 2. The minimum Gasteiger partial charge on any atom is -0.484 e. The molecule has 5 nitrogen and oxygen atoms in total. The van der Waals surface area contributed by atoms with Crippen LogP contribution in [0.3, 0.4) is 0 Å². The molecule has 2 rings (SSSR count). The molecule has 0 radical (unpaired) electrons. The molecule has 0 aromatic heterocycles. The fraction of sp³-hybridized carbons (Fsp3) is 0.300. The van der Waals surface area contributed by atoms with Crippen LogP contribution in [0, 0.1) is 6.92 Å². The van der Waals surface area contributed by atoms with Crippen molar-refractivity contribution in [1.29, 1.82) is 0 Å². The average molecular weight is 372 g/mol. The molecule has 0 spiro atoms. The maximum Gasteiger partial charge on any atom is 0.258 e. The van der Waals surface area contributed by atoms with Crippen molar-refractivity contribution in [2.75, 3.05) is 23.9 Å². The molecular formula is C20H24N2O3S. The molecule has 0 aliphatic heterocycles. The van der Waals surface area contributed by atoms with Gasteiger partial charge in [-0.15, -0.1) is 0 Å². The highest BCUT2D eigenvalue weighted by molar-refractivity contribution is 7.98.